The maximum absolute atomic E-state index is 11.5. The second-order valence-corrected chi connectivity index (χ2v) is 5.19. The van der Waals surface area contributed by atoms with Gasteiger partial charge < -0.3 is 5.32 Å². The third-order valence-electron chi connectivity index (χ3n) is 3.16. The summed E-state index contributed by atoms with van der Waals surface area (Å²) in [4.78, 5) is 22.1. The van der Waals surface area contributed by atoms with E-state index in [1.165, 1.54) is 6.07 Å². The number of rotatable bonds is 7. The van der Waals surface area contributed by atoms with Crippen molar-refractivity contribution in [3.05, 3.63) is 39.4 Å². The number of amides is 1. The van der Waals surface area contributed by atoms with E-state index in [-0.39, 0.29) is 42.2 Å². The largest absolute Gasteiger partial charge is 0.352 e. The van der Waals surface area contributed by atoms with E-state index in [2.05, 4.69) is 5.32 Å². The summed E-state index contributed by atoms with van der Waals surface area (Å²) < 4.78 is 0. The number of hydrogen-bond donors (Lipinski definition) is 1. The molecule has 0 fully saturated rings. The van der Waals surface area contributed by atoms with E-state index in [1.807, 2.05) is 54.5 Å². The monoisotopic (exact) mass is 406 g/mol. The second-order valence-electron chi connectivity index (χ2n) is 5.19. The fourth-order valence-corrected chi connectivity index (χ4v) is 1.97. The first-order chi connectivity index (χ1) is 11.5. The van der Waals surface area contributed by atoms with Crippen molar-refractivity contribution in [3.63, 3.8) is 0 Å². The lowest BCUT2D eigenvalue weighted by Crippen LogP contribution is -2.22. The van der Waals surface area contributed by atoms with Crippen molar-refractivity contribution in [3.8, 4) is 0 Å². The van der Waals surface area contributed by atoms with Crippen molar-refractivity contribution in [1.29, 1.82) is 0 Å². The zero-order valence-corrected chi connectivity index (χ0v) is 20.6. The number of nitrogens with zero attached hydrogens (tertiary/aromatic N) is 1. The first-order valence-electron chi connectivity index (χ1n) is 8.99. The van der Waals surface area contributed by atoms with Crippen LogP contribution in [0.1, 0.15) is 84.8 Å². The Morgan fingerprint density at radius 1 is 1.15 bits per heavy atom. The molecule has 0 saturated carbocycles. The van der Waals surface area contributed by atoms with Gasteiger partial charge in [-0.3, -0.25) is 14.9 Å². The van der Waals surface area contributed by atoms with Crippen molar-refractivity contribution in [1.82, 2.24) is 5.32 Å². The van der Waals surface area contributed by atoms with Gasteiger partial charge >= 0.3 is 0 Å². The molecule has 0 radical (unpaired) electrons. The topological polar surface area (TPSA) is 72.2 Å². The number of unbranched alkanes of at least 4 members (excludes halogenated alkanes) is 1. The predicted molar refractivity (Wildman–Crippen MR) is 123 cm³/mol. The minimum Gasteiger partial charge on any atom is -0.352 e. The first-order valence-corrected chi connectivity index (χ1v) is 8.99. The number of nitrogens with one attached hydrogen (secondary N) is 1. The molecule has 0 spiro atoms. The Bertz CT molecular complexity index is 496. The molecule has 2 unspecified atom stereocenters. The Morgan fingerprint density at radius 3 is 2.12 bits per heavy atom. The van der Waals surface area contributed by atoms with E-state index in [4.69, 9.17) is 0 Å². The lowest BCUT2D eigenvalue weighted by Gasteiger charge is -2.10. The van der Waals surface area contributed by atoms with E-state index >= 15 is 0 Å². The minimum atomic E-state index is -0.362. The second kappa shape index (κ2) is 20.3. The molecule has 26 heavy (non-hydrogen) atoms. The van der Waals surface area contributed by atoms with Crippen molar-refractivity contribution in [2.45, 2.75) is 80.2 Å². The average Bonchev–Trinajstić information content (AvgIpc) is 2.61. The highest BCUT2D eigenvalue weighted by molar-refractivity contribution is 6.92. The number of hydrogen-bond acceptors (Lipinski definition) is 3. The van der Waals surface area contributed by atoms with Gasteiger partial charge in [0.1, 0.15) is 0 Å². The highest BCUT2D eigenvalue weighted by atomic mass is 31.0. The van der Waals surface area contributed by atoms with Gasteiger partial charge in [0.15, 0.2) is 0 Å². The van der Waals surface area contributed by atoms with Crippen LogP contribution in [0.3, 0.4) is 0 Å². The molecule has 7 heteroatoms. The van der Waals surface area contributed by atoms with Crippen LogP contribution in [0.2, 0.25) is 0 Å². The third kappa shape index (κ3) is 13.2. The van der Waals surface area contributed by atoms with Crippen LogP contribution < -0.4 is 5.32 Å². The summed E-state index contributed by atoms with van der Waals surface area (Å²) in [7, 11) is 0. The van der Waals surface area contributed by atoms with Crippen molar-refractivity contribution in [2.24, 2.45) is 0 Å². The lowest BCUT2D eigenvalue weighted by atomic mass is 9.98. The Balaban J connectivity index is -0.000000376. The summed E-state index contributed by atoms with van der Waals surface area (Å²) in [5, 5.41) is 13.8. The molecular formula is C19H40N2O3P2. The van der Waals surface area contributed by atoms with Crippen molar-refractivity contribution in [2.75, 3.05) is 0 Å². The molecule has 1 aromatic rings. The van der Waals surface area contributed by atoms with Gasteiger partial charge in [-0.15, -0.1) is 0 Å². The molecule has 1 amide bonds. The average molecular weight is 406 g/mol. The number of benzene rings is 1. The number of carbonyl (C=O) groups excluding carboxylic acids is 1. The number of nitro benzene ring substituents is 1. The standard InChI is InChI=1S/C15H22N2O3.2C2H6.2H3P/c1-4-5-6-15(18)16-10-12-7-8-14(17(19)20)13(9-12)11(2)3;2*1-2;;/h7-9,11H,4-6,10H2,1-3H3,(H,16,18);2*1-2H3;2*1H3. The van der Waals surface area contributed by atoms with Crippen LogP contribution in [-0.4, -0.2) is 10.8 Å². The van der Waals surface area contributed by atoms with Gasteiger partial charge in [-0.05, 0) is 24.0 Å². The van der Waals surface area contributed by atoms with E-state index in [0.29, 0.717) is 18.5 Å². The fourth-order valence-electron chi connectivity index (χ4n) is 1.97. The Labute approximate surface area is 166 Å². The van der Waals surface area contributed by atoms with E-state index < -0.39 is 0 Å². The molecule has 0 heterocycles. The third-order valence-corrected chi connectivity index (χ3v) is 3.16. The lowest BCUT2D eigenvalue weighted by molar-refractivity contribution is -0.385. The molecule has 0 aromatic heterocycles. The van der Waals surface area contributed by atoms with Gasteiger partial charge in [0.25, 0.3) is 5.69 Å². The predicted octanol–water partition coefficient (Wildman–Crippen LogP) is 5.69. The molecular weight excluding hydrogens is 366 g/mol. The van der Waals surface area contributed by atoms with Crippen LogP contribution in [0.4, 0.5) is 5.69 Å². The Morgan fingerprint density at radius 2 is 1.69 bits per heavy atom. The molecule has 0 bridgehead atoms. The minimum absolute atomic E-state index is 0. The first kappa shape index (κ1) is 32.6. The Hall–Kier alpha value is -1.05. The van der Waals surface area contributed by atoms with Gasteiger partial charge in [0.05, 0.1) is 4.92 Å². The van der Waals surface area contributed by atoms with Crippen LogP contribution in [0.15, 0.2) is 18.2 Å². The summed E-state index contributed by atoms with van der Waals surface area (Å²) in [5.74, 6) is 0.0995. The van der Waals surface area contributed by atoms with Crippen LogP contribution in [0, 0.1) is 10.1 Å². The molecule has 0 saturated heterocycles. The summed E-state index contributed by atoms with van der Waals surface area (Å²) >= 11 is 0. The molecule has 5 nitrogen and oxygen atoms in total. The molecule has 1 aromatic carbocycles. The number of carbonyl (C=O) groups is 1. The maximum atomic E-state index is 11.5. The quantitative estimate of drug-likeness (QED) is 0.359. The van der Waals surface area contributed by atoms with Gasteiger partial charge in [-0.2, -0.15) is 19.8 Å². The Kier molecular flexibility index (Phi) is 25.4. The van der Waals surface area contributed by atoms with E-state index in [1.54, 1.807) is 6.07 Å². The van der Waals surface area contributed by atoms with Crippen LogP contribution in [0.25, 0.3) is 0 Å². The highest BCUT2D eigenvalue weighted by Gasteiger charge is 2.16. The van der Waals surface area contributed by atoms with Crippen LogP contribution in [0.5, 0.6) is 0 Å². The normalized spacial score (nSPS) is 8.62. The molecule has 154 valence electrons. The summed E-state index contributed by atoms with van der Waals surface area (Å²) in [6.07, 6.45) is 2.40. The molecule has 1 rings (SSSR count). The van der Waals surface area contributed by atoms with Crippen molar-refractivity contribution < 1.29 is 9.72 Å². The highest BCUT2D eigenvalue weighted by Crippen LogP contribution is 2.27. The van der Waals surface area contributed by atoms with E-state index in [0.717, 1.165) is 18.4 Å². The summed E-state index contributed by atoms with van der Waals surface area (Å²) in [5.41, 5.74) is 1.74. The molecule has 2 atom stereocenters. The van der Waals surface area contributed by atoms with Crippen LogP contribution in [-0.2, 0) is 11.3 Å². The molecule has 0 aliphatic heterocycles. The maximum Gasteiger partial charge on any atom is 0.272 e. The van der Waals surface area contributed by atoms with Crippen LogP contribution >= 0.6 is 19.8 Å². The summed E-state index contributed by atoms with van der Waals surface area (Å²) in [6, 6.07) is 5.02. The molecule has 1 N–H and O–H groups in total. The zero-order chi connectivity index (χ0) is 19.1. The molecule has 0 aliphatic carbocycles. The molecule has 0 aliphatic rings. The van der Waals surface area contributed by atoms with Gasteiger partial charge in [0.2, 0.25) is 5.91 Å². The fraction of sp³-hybridized carbons (Fsp3) is 0.632. The van der Waals surface area contributed by atoms with Gasteiger partial charge in [0, 0.05) is 24.6 Å². The van der Waals surface area contributed by atoms with E-state index in [9.17, 15) is 14.9 Å². The zero-order valence-electron chi connectivity index (χ0n) is 17.7. The van der Waals surface area contributed by atoms with Gasteiger partial charge in [-0.1, -0.05) is 61.0 Å². The SMILES string of the molecule is CC.CC.CCCCC(=O)NCc1ccc([N+](=O)[O-])c(C(C)C)c1.P.P. The smallest absolute Gasteiger partial charge is 0.272 e. The van der Waals surface area contributed by atoms with Crippen molar-refractivity contribution >= 4 is 31.4 Å². The van der Waals surface area contributed by atoms with Gasteiger partial charge in [-0.25, -0.2) is 0 Å². The summed E-state index contributed by atoms with van der Waals surface area (Å²) in [6.45, 7) is 14.3. The number of nitro groups is 1.